The zero-order valence-electron chi connectivity index (χ0n) is 10.7. The number of nitrogens with two attached hydrogens (primary N) is 1. The standard InChI is InChI=1S/C11H25N3O/c1-11(2,9-12)6-7-14(5)8-10(15)13(3)4/h6-9,12H2,1-5H3. The van der Waals surface area contributed by atoms with Crippen LogP contribution in [0.15, 0.2) is 0 Å². The van der Waals surface area contributed by atoms with Gasteiger partial charge in [-0.05, 0) is 32.0 Å². The molecular formula is C11H25N3O. The molecule has 0 aliphatic heterocycles. The zero-order valence-corrected chi connectivity index (χ0v) is 10.7. The van der Waals surface area contributed by atoms with Crippen LogP contribution in [0, 0.1) is 5.41 Å². The number of carbonyl (C=O) groups excluding carboxylic acids is 1. The molecule has 0 saturated carbocycles. The lowest BCUT2D eigenvalue weighted by atomic mass is 9.89. The van der Waals surface area contributed by atoms with Gasteiger partial charge in [-0.15, -0.1) is 0 Å². The molecule has 4 nitrogen and oxygen atoms in total. The summed E-state index contributed by atoms with van der Waals surface area (Å²) in [7, 11) is 5.52. The average Bonchev–Trinajstić information content (AvgIpc) is 2.15. The molecule has 0 rings (SSSR count). The summed E-state index contributed by atoms with van der Waals surface area (Å²) >= 11 is 0. The fourth-order valence-corrected chi connectivity index (χ4v) is 1.05. The highest BCUT2D eigenvalue weighted by Crippen LogP contribution is 2.17. The van der Waals surface area contributed by atoms with E-state index in [4.69, 9.17) is 5.73 Å². The van der Waals surface area contributed by atoms with Crippen LogP contribution in [0.2, 0.25) is 0 Å². The lowest BCUT2D eigenvalue weighted by molar-refractivity contribution is -0.129. The molecule has 0 aliphatic rings. The van der Waals surface area contributed by atoms with Gasteiger partial charge in [0.15, 0.2) is 0 Å². The van der Waals surface area contributed by atoms with Crippen molar-refractivity contribution in [3.8, 4) is 0 Å². The Morgan fingerprint density at radius 1 is 1.27 bits per heavy atom. The van der Waals surface area contributed by atoms with Gasteiger partial charge in [-0.2, -0.15) is 0 Å². The normalized spacial score (nSPS) is 11.9. The summed E-state index contributed by atoms with van der Waals surface area (Å²) in [6.45, 7) is 6.36. The minimum atomic E-state index is 0.142. The first-order valence-corrected chi connectivity index (χ1v) is 5.37. The van der Waals surface area contributed by atoms with Crippen LogP contribution < -0.4 is 5.73 Å². The third kappa shape index (κ3) is 6.47. The molecule has 0 bridgehead atoms. The summed E-state index contributed by atoms with van der Waals surface area (Å²) in [6, 6.07) is 0. The Hall–Kier alpha value is -0.610. The van der Waals surface area contributed by atoms with Crippen LogP contribution >= 0.6 is 0 Å². The van der Waals surface area contributed by atoms with Crippen molar-refractivity contribution in [2.24, 2.45) is 11.1 Å². The first kappa shape index (κ1) is 14.4. The maximum atomic E-state index is 11.4. The predicted molar refractivity (Wildman–Crippen MR) is 63.6 cm³/mol. The Balaban J connectivity index is 3.85. The number of hydrogen-bond donors (Lipinski definition) is 1. The second kappa shape index (κ2) is 6.08. The molecule has 0 aromatic rings. The van der Waals surface area contributed by atoms with E-state index < -0.39 is 0 Å². The molecule has 0 heterocycles. The van der Waals surface area contributed by atoms with E-state index in [-0.39, 0.29) is 11.3 Å². The smallest absolute Gasteiger partial charge is 0.236 e. The maximum Gasteiger partial charge on any atom is 0.236 e. The van der Waals surface area contributed by atoms with Crippen molar-refractivity contribution in [2.45, 2.75) is 20.3 Å². The van der Waals surface area contributed by atoms with Gasteiger partial charge in [0.05, 0.1) is 6.54 Å². The third-order valence-electron chi connectivity index (χ3n) is 2.63. The van der Waals surface area contributed by atoms with Crippen LogP contribution in [0.25, 0.3) is 0 Å². The fourth-order valence-electron chi connectivity index (χ4n) is 1.05. The second-order valence-corrected chi connectivity index (χ2v) is 5.14. The number of carbonyl (C=O) groups is 1. The fraction of sp³-hybridized carbons (Fsp3) is 0.909. The third-order valence-corrected chi connectivity index (χ3v) is 2.63. The van der Waals surface area contributed by atoms with Gasteiger partial charge in [-0.25, -0.2) is 0 Å². The zero-order chi connectivity index (χ0) is 12.1. The molecule has 0 unspecified atom stereocenters. The monoisotopic (exact) mass is 215 g/mol. The van der Waals surface area contributed by atoms with Crippen LogP contribution in [0.1, 0.15) is 20.3 Å². The molecule has 0 fully saturated rings. The number of rotatable bonds is 6. The quantitative estimate of drug-likeness (QED) is 0.697. The summed E-state index contributed by atoms with van der Waals surface area (Å²) in [5.74, 6) is 0.142. The van der Waals surface area contributed by atoms with Gasteiger partial charge in [-0.3, -0.25) is 9.69 Å². The van der Waals surface area contributed by atoms with Crippen molar-refractivity contribution < 1.29 is 4.79 Å². The molecule has 0 radical (unpaired) electrons. The lowest BCUT2D eigenvalue weighted by Crippen LogP contribution is -2.36. The number of nitrogens with zero attached hydrogens (tertiary/aromatic N) is 2. The van der Waals surface area contributed by atoms with Gasteiger partial charge < -0.3 is 10.6 Å². The highest BCUT2D eigenvalue weighted by Gasteiger charge is 2.17. The Bertz CT molecular complexity index is 202. The average molecular weight is 215 g/mol. The molecule has 90 valence electrons. The van der Waals surface area contributed by atoms with Crippen molar-refractivity contribution in [3.63, 3.8) is 0 Å². The first-order chi connectivity index (χ1) is 6.78. The highest BCUT2D eigenvalue weighted by atomic mass is 16.2. The largest absolute Gasteiger partial charge is 0.348 e. The van der Waals surface area contributed by atoms with Gasteiger partial charge in [0, 0.05) is 14.1 Å². The summed E-state index contributed by atoms with van der Waals surface area (Å²) < 4.78 is 0. The van der Waals surface area contributed by atoms with Crippen LogP contribution in [-0.2, 0) is 4.79 Å². The van der Waals surface area contributed by atoms with E-state index >= 15 is 0 Å². The van der Waals surface area contributed by atoms with E-state index in [1.54, 1.807) is 19.0 Å². The number of hydrogen-bond acceptors (Lipinski definition) is 3. The maximum absolute atomic E-state index is 11.4. The van der Waals surface area contributed by atoms with E-state index in [1.807, 2.05) is 11.9 Å². The van der Waals surface area contributed by atoms with E-state index in [0.717, 1.165) is 13.0 Å². The Morgan fingerprint density at radius 2 is 1.80 bits per heavy atom. The summed E-state index contributed by atoms with van der Waals surface area (Å²) in [5, 5.41) is 0. The summed E-state index contributed by atoms with van der Waals surface area (Å²) in [6.07, 6.45) is 1.01. The van der Waals surface area contributed by atoms with E-state index in [1.165, 1.54) is 0 Å². The molecule has 0 saturated heterocycles. The van der Waals surface area contributed by atoms with E-state index in [0.29, 0.717) is 13.1 Å². The van der Waals surface area contributed by atoms with Gasteiger partial charge in [0.2, 0.25) is 5.91 Å². The molecular weight excluding hydrogens is 190 g/mol. The number of likely N-dealkylation sites (N-methyl/N-ethyl adjacent to an activating group) is 2. The second-order valence-electron chi connectivity index (χ2n) is 5.14. The molecule has 2 N–H and O–H groups in total. The molecule has 0 spiro atoms. The van der Waals surface area contributed by atoms with Gasteiger partial charge >= 0.3 is 0 Å². The SMILES string of the molecule is CN(CCC(C)(C)CN)CC(=O)N(C)C. The predicted octanol–water partition coefficient (Wildman–Crippen LogP) is 0.381. The van der Waals surface area contributed by atoms with E-state index in [9.17, 15) is 4.79 Å². The first-order valence-electron chi connectivity index (χ1n) is 5.37. The molecule has 0 aromatic heterocycles. The van der Waals surface area contributed by atoms with Gasteiger partial charge in [-0.1, -0.05) is 13.8 Å². The van der Waals surface area contributed by atoms with Crippen LogP contribution in [0.5, 0.6) is 0 Å². The summed E-state index contributed by atoms with van der Waals surface area (Å²) in [5.41, 5.74) is 5.81. The Morgan fingerprint density at radius 3 is 2.20 bits per heavy atom. The van der Waals surface area contributed by atoms with Gasteiger partial charge in [0.25, 0.3) is 0 Å². The molecule has 15 heavy (non-hydrogen) atoms. The van der Waals surface area contributed by atoms with Crippen molar-refractivity contribution >= 4 is 5.91 Å². The van der Waals surface area contributed by atoms with Crippen molar-refractivity contribution in [2.75, 3.05) is 40.8 Å². The number of amides is 1. The highest BCUT2D eigenvalue weighted by molar-refractivity contribution is 5.77. The van der Waals surface area contributed by atoms with Crippen LogP contribution in [0.3, 0.4) is 0 Å². The van der Waals surface area contributed by atoms with Gasteiger partial charge in [0.1, 0.15) is 0 Å². The Labute approximate surface area is 93.4 Å². The molecule has 0 aliphatic carbocycles. The van der Waals surface area contributed by atoms with Crippen molar-refractivity contribution in [1.29, 1.82) is 0 Å². The summed E-state index contributed by atoms with van der Waals surface area (Å²) in [4.78, 5) is 15.1. The lowest BCUT2D eigenvalue weighted by Gasteiger charge is -2.26. The molecule has 0 aromatic carbocycles. The topological polar surface area (TPSA) is 49.6 Å². The molecule has 1 amide bonds. The molecule has 0 atom stereocenters. The minimum absolute atomic E-state index is 0.142. The van der Waals surface area contributed by atoms with Crippen LogP contribution in [0.4, 0.5) is 0 Å². The van der Waals surface area contributed by atoms with Crippen molar-refractivity contribution in [3.05, 3.63) is 0 Å². The van der Waals surface area contributed by atoms with Crippen LogP contribution in [-0.4, -0.2) is 56.5 Å². The van der Waals surface area contributed by atoms with E-state index in [2.05, 4.69) is 13.8 Å². The minimum Gasteiger partial charge on any atom is -0.348 e. The molecule has 4 heteroatoms. The Kier molecular flexibility index (Phi) is 5.83. The van der Waals surface area contributed by atoms with Crippen molar-refractivity contribution in [1.82, 2.24) is 9.80 Å².